The van der Waals surface area contributed by atoms with Crippen LogP contribution < -0.4 is 5.32 Å². The van der Waals surface area contributed by atoms with Crippen LogP contribution in [0.15, 0.2) is 0 Å². The van der Waals surface area contributed by atoms with Crippen molar-refractivity contribution in [3.63, 3.8) is 0 Å². The fourth-order valence-electron chi connectivity index (χ4n) is 2.73. The van der Waals surface area contributed by atoms with Gasteiger partial charge in [0, 0.05) is 32.8 Å². The Bertz CT molecular complexity index is 273. The van der Waals surface area contributed by atoms with E-state index in [0.29, 0.717) is 5.92 Å². The number of carboxylic acid groups (broad SMARTS) is 1. The summed E-state index contributed by atoms with van der Waals surface area (Å²) in [5.74, 6) is -0.0506. The normalized spacial score (nSPS) is 24.6. The minimum Gasteiger partial charge on any atom is -0.481 e. The van der Waals surface area contributed by atoms with Crippen molar-refractivity contribution in [2.24, 2.45) is 5.92 Å². The van der Waals surface area contributed by atoms with E-state index in [9.17, 15) is 4.79 Å². The predicted octanol–water partition coefficient (Wildman–Crippen LogP) is 0.162. The van der Waals surface area contributed by atoms with Crippen LogP contribution in [0.4, 0.5) is 0 Å². The van der Waals surface area contributed by atoms with E-state index in [1.165, 1.54) is 0 Å². The van der Waals surface area contributed by atoms with Gasteiger partial charge < -0.3 is 15.2 Å². The van der Waals surface area contributed by atoms with E-state index < -0.39 is 5.97 Å². The third-order valence-corrected chi connectivity index (χ3v) is 4.07. The topological polar surface area (TPSA) is 61.8 Å². The van der Waals surface area contributed by atoms with Gasteiger partial charge in [0.1, 0.15) is 0 Å². The Labute approximate surface area is 102 Å². The number of hydrogen-bond donors (Lipinski definition) is 2. The molecular weight excluding hydrogens is 220 g/mol. The first-order chi connectivity index (χ1) is 8.12. The van der Waals surface area contributed by atoms with Gasteiger partial charge in [-0.15, -0.1) is 0 Å². The van der Waals surface area contributed by atoms with Crippen LogP contribution in [-0.2, 0) is 9.53 Å². The third-order valence-electron chi connectivity index (χ3n) is 4.07. The molecule has 2 heterocycles. The summed E-state index contributed by atoms with van der Waals surface area (Å²) in [6.45, 7) is 4.27. The van der Waals surface area contributed by atoms with Gasteiger partial charge in [0.2, 0.25) is 0 Å². The Hall–Kier alpha value is -0.650. The number of nitrogens with zero attached hydrogens (tertiary/aromatic N) is 1. The van der Waals surface area contributed by atoms with Gasteiger partial charge in [0.05, 0.1) is 12.0 Å². The zero-order chi connectivity index (χ0) is 12.3. The van der Waals surface area contributed by atoms with Gasteiger partial charge in [0.25, 0.3) is 0 Å². The fraction of sp³-hybridized carbons (Fsp3) is 0.917. The van der Waals surface area contributed by atoms with Crippen molar-refractivity contribution in [2.45, 2.75) is 24.8 Å². The number of nitrogens with one attached hydrogen (secondary N) is 1. The van der Waals surface area contributed by atoms with Crippen LogP contribution in [0.1, 0.15) is 19.3 Å². The number of aliphatic carboxylic acids is 1. The van der Waals surface area contributed by atoms with E-state index in [0.717, 1.165) is 45.7 Å². The molecule has 0 aromatic carbocycles. The van der Waals surface area contributed by atoms with Crippen LogP contribution >= 0.6 is 0 Å². The first kappa shape index (κ1) is 12.8. The lowest BCUT2D eigenvalue weighted by Crippen LogP contribution is -2.69. The van der Waals surface area contributed by atoms with E-state index in [-0.39, 0.29) is 12.0 Å². The van der Waals surface area contributed by atoms with Gasteiger partial charge in [-0.25, -0.2) is 0 Å². The monoisotopic (exact) mass is 242 g/mol. The van der Waals surface area contributed by atoms with E-state index in [4.69, 9.17) is 9.84 Å². The summed E-state index contributed by atoms with van der Waals surface area (Å²) in [7, 11) is 2.05. The van der Waals surface area contributed by atoms with Gasteiger partial charge in [-0.2, -0.15) is 0 Å². The largest absolute Gasteiger partial charge is 0.481 e. The lowest BCUT2D eigenvalue weighted by Gasteiger charge is -2.49. The van der Waals surface area contributed by atoms with Gasteiger partial charge >= 0.3 is 5.97 Å². The quantitative estimate of drug-likeness (QED) is 0.719. The summed E-state index contributed by atoms with van der Waals surface area (Å²) >= 11 is 0. The van der Waals surface area contributed by atoms with Crippen LogP contribution in [0.25, 0.3) is 0 Å². The van der Waals surface area contributed by atoms with Crippen molar-refractivity contribution >= 4 is 5.97 Å². The molecule has 2 N–H and O–H groups in total. The van der Waals surface area contributed by atoms with Crippen LogP contribution in [0.5, 0.6) is 0 Å². The first-order valence-corrected chi connectivity index (χ1v) is 6.34. The molecule has 0 unspecified atom stereocenters. The van der Waals surface area contributed by atoms with Crippen LogP contribution in [0.3, 0.4) is 0 Å². The first-order valence-electron chi connectivity index (χ1n) is 6.34. The number of hydrogen-bond acceptors (Lipinski definition) is 4. The molecular formula is C12H22N2O3. The Morgan fingerprint density at radius 3 is 2.59 bits per heavy atom. The van der Waals surface area contributed by atoms with Gasteiger partial charge in [0.15, 0.2) is 0 Å². The van der Waals surface area contributed by atoms with Crippen molar-refractivity contribution in [3.05, 3.63) is 0 Å². The Balaban J connectivity index is 1.87. The van der Waals surface area contributed by atoms with Crippen molar-refractivity contribution in [1.29, 1.82) is 0 Å². The third kappa shape index (κ3) is 2.97. The second-order valence-corrected chi connectivity index (χ2v) is 5.33. The molecule has 2 aliphatic rings. The lowest BCUT2D eigenvalue weighted by atomic mass is 9.85. The van der Waals surface area contributed by atoms with Crippen LogP contribution in [-0.4, -0.2) is 61.4 Å². The molecule has 0 bridgehead atoms. The van der Waals surface area contributed by atoms with E-state index in [1.807, 2.05) is 0 Å². The molecule has 2 aliphatic heterocycles. The zero-order valence-corrected chi connectivity index (χ0v) is 10.4. The molecule has 0 spiro atoms. The molecule has 0 saturated carbocycles. The van der Waals surface area contributed by atoms with Crippen molar-refractivity contribution in [3.8, 4) is 0 Å². The Morgan fingerprint density at radius 1 is 1.47 bits per heavy atom. The number of ether oxygens (including phenoxy) is 1. The highest BCUT2D eigenvalue weighted by Crippen LogP contribution is 2.26. The molecule has 0 radical (unpaired) electrons. The van der Waals surface area contributed by atoms with Crippen molar-refractivity contribution in [1.82, 2.24) is 10.2 Å². The van der Waals surface area contributed by atoms with Crippen LogP contribution in [0, 0.1) is 5.92 Å². The summed E-state index contributed by atoms with van der Waals surface area (Å²) in [6, 6.07) is 0. The molecule has 0 amide bonds. The fourth-order valence-corrected chi connectivity index (χ4v) is 2.73. The molecule has 5 nitrogen and oxygen atoms in total. The lowest BCUT2D eigenvalue weighted by molar-refractivity contribution is -0.141. The Kier molecular flexibility index (Phi) is 4.01. The molecule has 2 fully saturated rings. The van der Waals surface area contributed by atoms with Gasteiger partial charge in [-0.3, -0.25) is 9.69 Å². The zero-order valence-electron chi connectivity index (χ0n) is 10.4. The molecule has 98 valence electrons. The highest BCUT2D eigenvalue weighted by atomic mass is 16.5. The summed E-state index contributed by atoms with van der Waals surface area (Å²) < 4.78 is 5.35. The average Bonchev–Trinajstić information content (AvgIpc) is 2.24. The smallest absolute Gasteiger partial charge is 0.305 e. The molecule has 2 saturated heterocycles. The summed E-state index contributed by atoms with van der Waals surface area (Å²) in [4.78, 5) is 13.2. The second-order valence-electron chi connectivity index (χ2n) is 5.33. The summed E-state index contributed by atoms with van der Waals surface area (Å²) in [5.41, 5.74) is -0.163. The second kappa shape index (κ2) is 5.33. The molecule has 2 rings (SSSR count). The van der Waals surface area contributed by atoms with E-state index >= 15 is 0 Å². The highest BCUT2D eigenvalue weighted by molar-refractivity contribution is 5.68. The van der Waals surface area contributed by atoms with E-state index in [1.54, 1.807) is 0 Å². The average molecular weight is 242 g/mol. The maximum Gasteiger partial charge on any atom is 0.305 e. The SMILES string of the molecule is CN(CC1CCOCC1)C1(CC(=O)O)CNC1. The number of carbonyl (C=O) groups is 1. The molecule has 17 heavy (non-hydrogen) atoms. The molecule has 5 heteroatoms. The minimum atomic E-state index is -0.703. The van der Waals surface area contributed by atoms with E-state index in [2.05, 4.69) is 17.3 Å². The maximum atomic E-state index is 10.9. The van der Waals surface area contributed by atoms with Crippen molar-refractivity contribution in [2.75, 3.05) is 39.9 Å². The highest BCUT2D eigenvalue weighted by Gasteiger charge is 2.43. The molecule has 0 atom stereocenters. The molecule has 0 aromatic rings. The number of likely N-dealkylation sites (N-methyl/N-ethyl adjacent to an activating group) is 1. The minimum absolute atomic E-state index is 0.163. The molecule has 0 aliphatic carbocycles. The van der Waals surface area contributed by atoms with Crippen molar-refractivity contribution < 1.29 is 14.6 Å². The van der Waals surface area contributed by atoms with Gasteiger partial charge in [-0.05, 0) is 25.8 Å². The molecule has 0 aromatic heterocycles. The predicted molar refractivity (Wildman–Crippen MR) is 64.0 cm³/mol. The Morgan fingerprint density at radius 2 is 2.12 bits per heavy atom. The standard InChI is InChI=1S/C12H22N2O3/c1-14(7-10-2-4-17-5-3-10)12(6-11(15)16)8-13-9-12/h10,13H,2-9H2,1H3,(H,15,16). The number of carboxylic acids is 1. The van der Waals surface area contributed by atoms with Crippen LogP contribution in [0.2, 0.25) is 0 Å². The van der Waals surface area contributed by atoms with Gasteiger partial charge in [-0.1, -0.05) is 0 Å². The number of rotatable bonds is 5. The maximum absolute atomic E-state index is 10.9. The summed E-state index contributed by atoms with van der Waals surface area (Å²) in [5, 5.41) is 12.2. The summed E-state index contributed by atoms with van der Waals surface area (Å²) in [6.07, 6.45) is 2.43.